The van der Waals surface area contributed by atoms with Gasteiger partial charge in [0, 0.05) is 44.7 Å². The Labute approximate surface area is 328 Å². The molecule has 12 rings (SSSR count). The van der Waals surface area contributed by atoms with Gasteiger partial charge in [0.05, 0.1) is 5.41 Å². The Bertz CT molecular complexity index is 3180. The highest BCUT2D eigenvalue weighted by molar-refractivity contribution is 6.13. The van der Waals surface area contributed by atoms with Crippen molar-refractivity contribution in [3.05, 3.63) is 210 Å². The summed E-state index contributed by atoms with van der Waals surface area (Å²) in [6.45, 7) is 0. The highest BCUT2D eigenvalue weighted by Crippen LogP contribution is 2.62. The van der Waals surface area contributed by atoms with Crippen LogP contribution in [0, 0.1) is 0 Å². The topological polar surface area (TPSA) is 61.0 Å². The van der Waals surface area contributed by atoms with E-state index in [0.717, 1.165) is 72.4 Å². The molecule has 1 spiro atoms. The summed E-state index contributed by atoms with van der Waals surface area (Å²) in [7, 11) is 0. The molecule has 5 nitrogen and oxygen atoms in total. The van der Waals surface area contributed by atoms with E-state index >= 15 is 0 Å². The summed E-state index contributed by atoms with van der Waals surface area (Å²) < 4.78 is 13.5. The van der Waals surface area contributed by atoms with Crippen LogP contribution in [0.25, 0.3) is 78.4 Å². The molecule has 0 unspecified atom stereocenters. The fourth-order valence-corrected chi connectivity index (χ4v) is 9.17. The molecule has 0 saturated heterocycles. The molecular formula is C52H31N3O2. The van der Waals surface area contributed by atoms with Crippen LogP contribution in [0.3, 0.4) is 0 Å². The molecule has 1 aliphatic carbocycles. The van der Waals surface area contributed by atoms with Crippen molar-refractivity contribution in [2.24, 2.45) is 0 Å². The molecule has 0 amide bonds. The maximum atomic E-state index is 6.79. The van der Waals surface area contributed by atoms with E-state index in [1.54, 1.807) is 0 Å². The average molecular weight is 730 g/mol. The third kappa shape index (κ3) is 4.66. The first-order valence-corrected chi connectivity index (χ1v) is 19.2. The molecule has 2 aromatic heterocycles. The van der Waals surface area contributed by atoms with Crippen molar-refractivity contribution in [3.63, 3.8) is 0 Å². The van der Waals surface area contributed by atoms with E-state index in [4.69, 9.17) is 24.1 Å². The Hall–Kier alpha value is -7.63. The molecule has 2 aliphatic rings. The van der Waals surface area contributed by atoms with Gasteiger partial charge < -0.3 is 9.15 Å². The Morgan fingerprint density at radius 3 is 1.67 bits per heavy atom. The van der Waals surface area contributed by atoms with E-state index in [0.29, 0.717) is 17.5 Å². The van der Waals surface area contributed by atoms with Gasteiger partial charge in [0.2, 0.25) is 0 Å². The first-order chi connectivity index (χ1) is 28.2. The van der Waals surface area contributed by atoms with Crippen LogP contribution in [0.2, 0.25) is 0 Å². The molecule has 0 bridgehead atoms. The van der Waals surface area contributed by atoms with Gasteiger partial charge in [-0.2, -0.15) is 0 Å². The Morgan fingerprint density at radius 2 is 0.912 bits per heavy atom. The Kier molecular flexibility index (Phi) is 6.78. The van der Waals surface area contributed by atoms with Crippen molar-refractivity contribution in [3.8, 4) is 67.9 Å². The summed E-state index contributed by atoms with van der Waals surface area (Å²) in [5, 5.41) is 1.91. The first kappa shape index (κ1) is 31.7. The van der Waals surface area contributed by atoms with E-state index in [2.05, 4.69) is 133 Å². The van der Waals surface area contributed by atoms with Crippen molar-refractivity contribution in [2.45, 2.75) is 5.41 Å². The minimum absolute atomic E-state index is 0.572. The van der Waals surface area contributed by atoms with E-state index in [1.807, 2.05) is 54.6 Å². The van der Waals surface area contributed by atoms with Crippen LogP contribution in [0.1, 0.15) is 22.3 Å². The van der Waals surface area contributed by atoms with E-state index in [-0.39, 0.29) is 0 Å². The van der Waals surface area contributed by atoms with Crippen molar-refractivity contribution in [1.82, 2.24) is 15.0 Å². The molecule has 10 aromatic rings. The maximum absolute atomic E-state index is 6.79. The molecule has 8 aromatic carbocycles. The zero-order valence-corrected chi connectivity index (χ0v) is 30.6. The summed E-state index contributed by atoms with van der Waals surface area (Å²) in [5.74, 6) is 3.39. The van der Waals surface area contributed by atoms with Gasteiger partial charge in [-0.25, -0.2) is 15.0 Å². The van der Waals surface area contributed by atoms with Crippen LogP contribution < -0.4 is 4.74 Å². The molecular weight excluding hydrogens is 699 g/mol. The minimum Gasteiger partial charge on any atom is -0.457 e. The molecule has 0 saturated carbocycles. The van der Waals surface area contributed by atoms with Crippen LogP contribution in [0.4, 0.5) is 0 Å². The number of benzene rings is 8. The highest BCUT2D eigenvalue weighted by atomic mass is 16.5. The van der Waals surface area contributed by atoms with E-state index in [9.17, 15) is 0 Å². The van der Waals surface area contributed by atoms with Gasteiger partial charge >= 0.3 is 0 Å². The fourth-order valence-electron chi connectivity index (χ4n) is 9.17. The number of hydrogen-bond donors (Lipinski definition) is 0. The number of nitrogens with zero attached hydrogens (tertiary/aromatic N) is 3. The zero-order chi connectivity index (χ0) is 37.5. The van der Waals surface area contributed by atoms with Crippen molar-refractivity contribution in [1.29, 1.82) is 0 Å². The van der Waals surface area contributed by atoms with Crippen LogP contribution in [-0.4, -0.2) is 15.0 Å². The number of para-hydroxylation sites is 1. The zero-order valence-electron chi connectivity index (χ0n) is 30.6. The lowest BCUT2D eigenvalue weighted by Crippen LogP contribution is -2.32. The van der Waals surface area contributed by atoms with Crippen LogP contribution in [0.15, 0.2) is 192 Å². The predicted octanol–water partition coefficient (Wildman–Crippen LogP) is 12.9. The summed E-state index contributed by atoms with van der Waals surface area (Å²) in [6, 6.07) is 65.4. The number of ether oxygens (including phenoxy) is 1. The van der Waals surface area contributed by atoms with Gasteiger partial charge in [-0.1, -0.05) is 158 Å². The summed E-state index contributed by atoms with van der Waals surface area (Å²) in [6.07, 6.45) is 0. The van der Waals surface area contributed by atoms with Gasteiger partial charge in [0.15, 0.2) is 17.5 Å². The molecule has 0 N–H and O–H groups in total. The standard InChI is InChI=1S/C52H31N3O2/c1-3-15-32(16-4-1)34-19-13-20-35(29-34)50-53-49(33-17-5-2-6-18-33)54-51(55-50)38-23-14-28-45-48(38)39-30-43-47(31-46(39)57-45)56-44-27-12-11-26-42(44)52(43)40-24-9-7-21-36(40)37-22-8-10-25-41(37)52/h1-31H. The largest absolute Gasteiger partial charge is 0.457 e. The number of fused-ring (bicyclic) bond motifs is 12. The SMILES string of the molecule is c1ccc(-c2cccc(-c3nc(-c4ccccc4)nc(-c4cccc5oc6cc7c(cc6c45)C4(c5ccccc5O7)c5ccccc5-c5ccccc54)n3)c2)cc1. The molecule has 3 heterocycles. The number of aromatic nitrogens is 3. The van der Waals surface area contributed by atoms with Crippen molar-refractivity contribution >= 4 is 21.9 Å². The summed E-state index contributed by atoms with van der Waals surface area (Å²) in [4.78, 5) is 15.5. The second kappa shape index (κ2) is 12.2. The van der Waals surface area contributed by atoms with Gasteiger partial charge in [-0.05, 0) is 57.6 Å². The molecule has 0 radical (unpaired) electrons. The van der Waals surface area contributed by atoms with Gasteiger partial charge in [-0.15, -0.1) is 0 Å². The second-order valence-corrected chi connectivity index (χ2v) is 14.7. The molecule has 0 atom stereocenters. The van der Waals surface area contributed by atoms with Gasteiger partial charge in [0.25, 0.3) is 0 Å². The van der Waals surface area contributed by atoms with Crippen molar-refractivity contribution < 1.29 is 9.15 Å². The molecule has 5 heteroatoms. The lowest BCUT2D eigenvalue weighted by molar-refractivity contribution is 0.436. The Balaban J connectivity index is 1.12. The quantitative estimate of drug-likeness (QED) is 0.180. The maximum Gasteiger partial charge on any atom is 0.164 e. The minimum atomic E-state index is -0.603. The van der Waals surface area contributed by atoms with Gasteiger partial charge in [-0.3, -0.25) is 0 Å². The number of rotatable bonds is 4. The van der Waals surface area contributed by atoms with Crippen LogP contribution >= 0.6 is 0 Å². The third-order valence-electron chi connectivity index (χ3n) is 11.6. The monoisotopic (exact) mass is 729 g/mol. The summed E-state index contributed by atoms with van der Waals surface area (Å²) in [5.41, 5.74) is 12.9. The Morgan fingerprint density at radius 1 is 0.351 bits per heavy atom. The van der Waals surface area contributed by atoms with E-state index in [1.165, 1.54) is 22.3 Å². The second-order valence-electron chi connectivity index (χ2n) is 14.7. The lowest BCUT2D eigenvalue weighted by atomic mass is 9.66. The fraction of sp³-hybridized carbons (Fsp3) is 0.0192. The third-order valence-corrected chi connectivity index (χ3v) is 11.6. The lowest BCUT2D eigenvalue weighted by Gasteiger charge is -2.39. The highest BCUT2D eigenvalue weighted by Gasteiger charge is 2.51. The molecule has 266 valence electrons. The molecule has 0 fully saturated rings. The summed E-state index contributed by atoms with van der Waals surface area (Å²) >= 11 is 0. The van der Waals surface area contributed by atoms with Crippen LogP contribution in [-0.2, 0) is 5.41 Å². The number of furan rings is 1. The van der Waals surface area contributed by atoms with Crippen LogP contribution in [0.5, 0.6) is 11.5 Å². The van der Waals surface area contributed by atoms with Gasteiger partial charge in [0.1, 0.15) is 22.7 Å². The first-order valence-electron chi connectivity index (χ1n) is 19.2. The smallest absolute Gasteiger partial charge is 0.164 e. The number of hydrogen-bond acceptors (Lipinski definition) is 5. The molecule has 57 heavy (non-hydrogen) atoms. The van der Waals surface area contributed by atoms with E-state index < -0.39 is 5.41 Å². The van der Waals surface area contributed by atoms with Crippen molar-refractivity contribution in [2.75, 3.05) is 0 Å². The average Bonchev–Trinajstić information content (AvgIpc) is 3.80. The normalized spacial score (nSPS) is 13.2. The predicted molar refractivity (Wildman–Crippen MR) is 226 cm³/mol. The molecule has 1 aliphatic heterocycles.